The van der Waals surface area contributed by atoms with Crippen LogP contribution in [0.4, 0.5) is 26.3 Å². The summed E-state index contributed by atoms with van der Waals surface area (Å²) in [6.07, 6.45) is -3.07. The number of rotatable bonds is 6. The van der Waals surface area contributed by atoms with E-state index in [1.165, 1.54) is 0 Å². The normalized spacial score (nSPS) is 18.9. The van der Waals surface area contributed by atoms with E-state index in [1.54, 1.807) is 30.3 Å². The number of benzene rings is 2. The van der Waals surface area contributed by atoms with Gasteiger partial charge in [-0.05, 0) is 30.5 Å². The summed E-state index contributed by atoms with van der Waals surface area (Å²) in [5.74, 6) is -1.93. The Morgan fingerprint density at radius 2 is 1.58 bits per heavy atom. The third-order valence-corrected chi connectivity index (χ3v) is 7.04. The molecule has 10 heteroatoms. The van der Waals surface area contributed by atoms with Crippen LogP contribution in [0.2, 0.25) is 0 Å². The van der Waals surface area contributed by atoms with E-state index in [4.69, 9.17) is 4.74 Å². The minimum atomic E-state index is -5.21. The zero-order chi connectivity index (χ0) is 26.1. The Morgan fingerprint density at radius 3 is 2.11 bits per heavy atom. The predicted octanol–water partition coefficient (Wildman–Crippen LogP) is 6.39. The van der Waals surface area contributed by atoms with Crippen LogP contribution in [-0.4, -0.2) is 36.5 Å². The van der Waals surface area contributed by atoms with Crippen molar-refractivity contribution in [3.05, 3.63) is 76.9 Å². The number of amides is 1. The topological polar surface area (TPSA) is 41.6 Å². The van der Waals surface area contributed by atoms with Crippen molar-refractivity contribution >= 4 is 5.91 Å². The van der Waals surface area contributed by atoms with Crippen LogP contribution < -0.4 is 10.1 Å². The van der Waals surface area contributed by atoms with E-state index in [9.17, 15) is 31.1 Å². The van der Waals surface area contributed by atoms with Crippen molar-refractivity contribution in [2.45, 2.75) is 49.6 Å². The van der Waals surface area contributed by atoms with Gasteiger partial charge < -0.3 is 10.1 Å². The van der Waals surface area contributed by atoms with Gasteiger partial charge in [0.2, 0.25) is 0 Å². The Hall–Kier alpha value is -3.01. The highest BCUT2D eigenvalue weighted by Crippen LogP contribution is 2.46. The lowest BCUT2D eigenvalue weighted by Crippen LogP contribution is -2.55. The van der Waals surface area contributed by atoms with Gasteiger partial charge in [0.1, 0.15) is 5.75 Å². The van der Waals surface area contributed by atoms with Crippen LogP contribution in [0.15, 0.2) is 54.6 Å². The van der Waals surface area contributed by atoms with Gasteiger partial charge in [0, 0.05) is 18.6 Å². The van der Waals surface area contributed by atoms with Crippen LogP contribution in [0.3, 0.4) is 0 Å². The average Bonchev–Trinajstić information content (AvgIpc) is 3.54. The van der Waals surface area contributed by atoms with Gasteiger partial charge in [-0.1, -0.05) is 55.3 Å². The van der Waals surface area contributed by atoms with Crippen LogP contribution >= 0.6 is 0 Å². The predicted molar refractivity (Wildman–Crippen MR) is 122 cm³/mol. The monoisotopic (exact) mass is 512 g/mol. The summed E-state index contributed by atoms with van der Waals surface area (Å²) in [6, 6.07) is 8.64. The van der Waals surface area contributed by atoms with Gasteiger partial charge in [0.05, 0.1) is 29.8 Å². The lowest BCUT2D eigenvalue weighted by Gasteiger charge is -2.45. The number of alkyl halides is 6. The van der Waals surface area contributed by atoms with Gasteiger partial charge in [0.25, 0.3) is 5.91 Å². The first-order valence-corrected chi connectivity index (χ1v) is 11.6. The fourth-order valence-corrected chi connectivity index (χ4v) is 5.39. The first-order chi connectivity index (χ1) is 17.0. The molecule has 1 fully saturated rings. The summed E-state index contributed by atoms with van der Waals surface area (Å²) >= 11 is 0. The average molecular weight is 512 g/mol. The minimum Gasteiger partial charge on any atom is -0.496 e. The van der Waals surface area contributed by atoms with Crippen molar-refractivity contribution in [3.63, 3.8) is 0 Å². The highest BCUT2D eigenvalue weighted by atomic mass is 19.4. The van der Waals surface area contributed by atoms with Crippen molar-refractivity contribution in [3.8, 4) is 5.75 Å². The lowest BCUT2D eigenvalue weighted by atomic mass is 9.81. The number of nitrogens with zero attached hydrogens (tertiary/aromatic N) is 1. The van der Waals surface area contributed by atoms with Gasteiger partial charge in [-0.3, -0.25) is 9.69 Å². The molecular weight excluding hydrogens is 486 g/mol. The van der Waals surface area contributed by atoms with Crippen molar-refractivity contribution in [1.29, 1.82) is 0 Å². The van der Waals surface area contributed by atoms with E-state index in [1.807, 2.05) is 12.2 Å². The maximum absolute atomic E-state index is 14.0. The zero-order valence-electron chi connectivity index (χ0n) is 19.5. The summed E-state index contributed by atoms with van der Waals surface area (Å²) in [5.41, 5.74) is -4.05. The minimum absolute atomic E-state index is 0.0370. The van der Waals surface area contributed by atoms with Crippen LogP contribution in [0.25, 0.3) is 0 Å². The summed E-state index contributed by atoms with van der Waals surface area (Å²) < 4.78 is 86.8. The molecule has 1 heterocycles. The Kier molecular flexibility index (Phi) is 7.10. The van der Waals surface area contributed by atoms with Gasteiger partial charge in [-0.15, -0.1) is 0 Å². The number of carbonyl (C=O) groups excluding carboxylic acids is 1. The molecule has 2 aliphatic rings. The summed E-state index contributed by atoms with van der Waals surface area (Å²) in [5, 5.41) is 2.79. The van der Waals surface area contributed by atoms with E-state index in [-0.39, 0.29) is 6.07 Å². The number of nitrogens with one attached hydrogen (secondary N) is 1. The molecule has 1 saturated carbocycles. The Morgan fingerprint density at radius 1 is 0.972 bits per heavy atom. The zero-order valence-corrected chi connectivity index (χ0v) is 19.5. The smallest absolute Gasteiger partial charge is 0.417 e. The Bertz CT molecular complexity index is 1110. The molecule has 0 bridgehead atoms. The second-order valence-electron chi connectivity index (χ2n) is 9.10. The molecule has 1 unspecified atom stereocenters. The molecule has 0 radical (unpaired) electrons. The van der Waals surface area contributed by atoms with E-state index in [0.29, 0.717) is 37.6 Å². The first-order valence-electron chi connectivity index (χ1n) is 11.6. The molecule has 1 aliphatic carbocycles. The molecule has 1 N–H and O–H groups in total. The third kappa shape index (κ3) is 4.96. The number of methoxy groups -OCH3 is 1. The molecule has 1 atom stereocenters. The van der Waals surface area contributed by atoms with Gasteiger partial charge in [0.15, 0.2) is 0 Å². The molecule has 2 aromatic carbocycles. The van der Waals surface area contributed by atoms with E-state index in [2.05, 4.69) is 10.2 Å². The van der Waals surface area contributed by atoms with Crippen molar-refractivity contribution in [2.24, 2.45) is 0 Å². The maximum atomic E-state index is 14.0. The molecule has 0 spiro atoms. The SMILES string of the molecule is COc1cc(C(F)(F)F)cc(C(F)(F)F)c1C(=O)NC(c1ccccc1)C1(N2CC=CC2)CCCC1. The number of carbonyl (C=O) groups is 1. The van der Waals surface area contributed by atoms with Crippen LogP contribution in [0.5, 0.6) is 5.75 Å². The number of hydrogen-bond acceptors (Lipinski definition) is 3. The van der Waals surface area contributed by atoms with Crippen molar-refractivity contribution in [2.75, 3.05) is 20.2 Å². The Balaban J connectivity index is 1.82. The first kappa shape index (κ1) is 26.1. The van der Waals surface area contributed by atoms with Gasteiger partial charge in [-0.25, -0.2) is 0 Å². The summed E-state index contributed by atoms with van der Waals surface area (Å²) in [7, 11) is 0.940. The summed E-state index contributed by atoms with van der Waals surface area (Å²) in [6.45, 7) is 1.27. The largest absolute Gasteiger partial charge is 0.496 e. The van der Waals surface area contributed by atoms with Gasteiger partial charge >= 0.3 is 12.4 Å². The second-order valence-corrected chi connectivity index (χ2v) is 9.10. The van der Waals surface area contributed by atoms with E-state index in [0.717, 1.165) is 20.0 Å². The quantitative estimate of drug-likeness (QED) is 0.360. The van der Waals surface area contributed by atoms with E-state index >= 15 is 0 Å². The van der Waals surface area contributed by atoms with E-state index < -0.39 is 52.3 Å². The van der Waals surface area contributed by atoms with Crippen LogP contribution in [-0.2, 0) is 12.4 Å². The molecule has 0 saturated heterocycles. The van der Waals surface area contributed by atoms with Gasteiger partial charge in [-0.2, -0.15) is 26.3 Å². The number of hydrogen-bond donors (Lipinski definition) is 1. The molecule has 194 valence electrons. The van der Waals surface area contributed by atoms with Crippen LogP contribution in [0.1, 0.15) is 58.8 Å². The molecule has 4 nitrogen and oxygen atoms in total. The van der Waals surface area contributed by atoms with Crippen molar-refractivity contribution in [1.82, 2.24) is 10.2 Å². The molecule has 1 amide bonds. The lowest BCUT2D eigenvalue weighted by molar-refractivity contribution is -0.143. The second kappa shape index (κ2) is 9.80. The Labute approximate surface area is 204 Å². The van der Waals surface area contributed by atoms with Crippen LogP contribution in [0, 0.1) is 0 Å². The number of halogens is 6. The molecule has 2 aromatic rings. The highest BCUT2D eigenvalue weighted by Gasteiger charge is 2.48. The third-order valence-electron chi connectivity index (χ3n) is 7.04. The molecule has 36 heavy (non-hydrogen) atoms. The fourth-order valence-electron chi connectivity index (χ4n) is 5.39. The fraction of sp³-hybridized carbons (Fsp3) is 0.423. The maximum Gasteiger partial charge on any atom is 0.417 e. The standard InChI is InChI=1S/C26H26F6N2O2/c1-36-20-16-18(25(27,28)29)15-19(26(30,31)32)21(20)23(35)33-22(17-9-3-2-4-10-17)24(11-5-6-12-24)34-13-7-8-14-34/h2-4,7-10,15-16,22H,5-6,11-14H2,1H3,(H,33,35). The number of ether oxygens (including phenoxy) is 1. The van der Waals surface area contributed by atoms with Crippen molar-refractivity contribution < 1.29 is 35.9 Å². The molecule has 0 aromatic heterocycles. The molecule has 4 rings (SSSR count). The molecule has 1 aliphatic heterocycles. The highest BCUT2D eigenvalue weighted by molar-refractivity contribution is 5.99. The molecular formula is C26H26F6N2O2. The summed E-state index contributed by atoms with van der Waals surface area (Å²) in [4.78, 5) is 15.7.